The fourth-order valence-electron chi connectivity index (χ4n) is 3.13. The molecule has 1 fully saturated rings. The van der Waals surface area contributed by atoms with Crippen LogP contribution in [0.15, 0.2) is 24.3 Å². The minimum atomic E-state index is 0.0264. The molecular weight excluding hydrogens is 264 g/mol. The Labute approximate surface area is 125 Å². The van der Waals surface area contributed by atoms with E-state index >= 15 is 0 Å². The number of hydrogen-bond acceptors (Lipinski definition) is 2. The van der Waals surface area contributed by atoms with Gasteiger partial charge in [-0.25, -0.2) is 0 Å². The molecule has 0 bridgehead atoms. The largest absolute Gasteiger partial charge is 0.494 e. The van der Waals surface area contributed by atoms with Crippen molar-refractivity contribution >= 4 is 16.8 Å². The summed E-state index contributed by atoms with van der Waals surface area (Å²) in [5.74, 6) is 0.872. The molecule has 21 heavy (non-hydrogen) atoms. The predicted molar refractivity (Wildman–Crippen MR) is 83.8 cm³/mol. The molecule has 0 unspecified atom stereocenters. The number of carbonyl (C=O) groups is 1. The van der Waals surface area contributed by atoms with Crippen LogP contribution >= 0.6 is 0 Å². The van der Waals surface area contributed by atoms with E-state index in [0.717, 1.165) is 29.5 Å². The van der Waals surface area contributed by atoms with Crippen LogP contribution in [-0.4, -0.2) is 23.1 Å². The predicted octanol–water partition coefficient (Wildman–Crippen LogP) is 3.25. The molecule has 1 N–H and O–H groups in total. The molecule has 4 nitrogen and oxygen atoms in total. The van der Waals surface area contributed by atoms with Crippen molar-refractivity contribution in [2.24, 2.45) is 7.05 Å². The van der Waals surface area contributed by atoms with Gasteiger partial charge in [0.15, 0.2) is 0 Å². The van der Waals surface area contributed by atoms with Gasteiger partial charge in [0, 0.05) is 24.0 Å². The molecule has 1 aromatic carbocycles. The standard InChI is InChI=1S/C17H22N2O2/c1-3-21-14-8-9-15-12(10-14)11-16(19(15)2)17(20)18-13-6-4-5-7-13/h8-11,13H,3-7H2,1-2H3,(H,18,20). The Morgan fingerprint density at radius 2 is 2.10 bits per heavy atom. The molecule has 1 saturated carbocycles. The zero-order valence-corrected chi connectivity index (χ0v) is 12.7. The number of fused-ring (bicyclic) bond motifs is 1. The summed E-state index contributed by atoms with van der Waals surface area (Å²) in [4.78, 5) is 12.4. The van der Waals surface area contributed by atoms with Crippen molar-refractivity contribution in [2.45, 2.75) is 38.6 Å². The molecule has 0 saturated heterocycles. The number of ether oxygens (including phenoxy) is 1. The lowest BCUT2D eigenvalue weighted by Crippen LogP contribution is -2.33. The second kappa shape index (κ2) is 5.80. The van der Waals surface area contributed by atoms with Gasteiger partial charge in [-0.2, -0.15) is 0 Å². The van der Waals surface area contributed by atoms with Crippen LogP contribution in [0.5, 0.6) is 5.75 Å². The van der Waals surface area contributed by atoms with Gasteiger partial charge in [-0.05, 0) is 44.0 Å². The summed E-state index contributed by atoms with van der Waals surface area (Å²) in [6.45, 7) is 2.61. The topological polar surface area (TPSA) is 43.3 Å². The molecule has 1 heterocycles. The average Bonchev–Trinajstić information content (AvgIpc) is 3.07. The Hall–Kier alpha value is -1.97. The minimum Gasteiger partial charge on any atom is -0.494 e. The van der Waals surface area contributed by atoms with Gasteiger partial charge < -0.3 is 14.6 Å². The number of aromatic nitrogens is 1. The van der Waals surface area contributed by atoms with Gasteiger partial charge in [0.2, 0.25) is 0 Å². The number of nitrogens with zero attached hydrogens (tertiary/aromatic N) is 1. The molecule has 0 aliphatic heterocycles. The molecule has 112 valence electrons. The first-order chi connectivity index (χ1) is 10.2. The zero-order valence-electron chi connectivity index (χ0n) is 12.7. The molecule has 2 aromatic rings. The lowest BCUT2D eigenvalue weighted by Gasteiger charge is -2.12. The van der Waals surface area contributed by atoms with E-state index in [9.17, 15) is 4.79 Å². The first kappa shape index (κ1) is 14.0. The van der Waals surface area contributed by atoms with Crippen LogP contribution < -0.4 is 10.1 Å². The molecule has 0 spiro atoms. The Morgan fingerprint density at radius 1 is 1.33 bits per heavy atom. The van der Waals surface area contributed by atoms with Gasteiger partial charge in [0.05, 0.1) is 6.61 Å². The molecule has 4 heteroatoms. The van der Waals surface area contributed by atoms with Crippen molar-refractivity contribution in [3.63, 3.8) is 0 Å². The van der Waals surface area contributed by atoms with Gasteiger partial charge in [-0.3, -0.25) is 4.79 Å². The van der Waals surface area contributed by atoms with Crippen molar-refractivity contribution in [3.8, 4) is 5.75 Å². The zero-order chi connectivity index (χ0) is 14.8. The number of nitrogens with one attached hydrogen (secondary N) is 1. The van der Waals surface area contributed by atoms with Crippen LogP contribution in [-0.2, 0) is 7.05 Å². The number of benzene rings is 1. The molecule has 0 radical (unpaired) electrons. The third-order valence-electron chi connectivity index (χ3n) is 4.25. The van der Waals surface area contributed by atoms with Gasteiger partial charge in [0.1, 0.15) is 11.4 Å². The van der Waals surface area contributed by atoms with E-state index in [0.29, 0.717) is 18.3 Å². The van der Waals surface area contributed by atoms with Gasteiger partial charge in [-0.1, -0.05) is 12.8 Å². The summed E-state index contributed by atoms with van der Waals surface area (Å²) in [6.07, 6.45) is 4.64. The van der Waals surface area contributed by atoms with Crippen molar-refractivity contribution in [1.82, 2.24) is 9.88 Å². The number of hydrogen-bond donors (Lipinski definition) is 1. The minimum absolute atomic E-state index is 0.0264. The number of amides is 1. The van der Waals surface area contributed by atoms with Crippen LogP contribution in [0.3, 0.4) is 0 Å². The molecular formula is C17H22N2O2. The van der Waals surface area contributed by atoms with E-state index in [1.54, 1.807) is 0 Å². The highest BCUT2D eigenvalue weighted by Gasteiger charge is 2.20. The number of aryl methyl sites for hydroxylation is 1. The highest BCUT2D eigenvalue weighted by molar-refractivity contribution is 5.99. The van der Waals surface area contributed by atoms with E-state index in [1.165, 1.54) is 12.8 Å². The lowest BCUT2D eigenvalue weighted by molar-refractivity contribution is 0.0930. The number of carbonyl (C=O) groups excluding carboxylic acids is 1. The monoisotopic (exact) mass is 286 g/mol. The van der Waals surface area contributed by atoms with Gasteiger partial charge in [-0.15, -0.1) is 0 Å². The van der Waals surface area contributed by atoms with Crippen LogP contribution in [0.25, 0.3) is 10.9 Å². The van der Waals surface area contributed by atoms with Crippen LogP contribution in [0.1, 0.15) is 43.1 Å². The van der Waals surface area contributed by atoms with Gasteiger partial charge >= 0.3 is 0 Å². The van der Waals surface area contributed by atoms with Crippen molar-refractivity contribution < 1.29 is 9.53 Å². The molecule has 0 atom stereocenters. The number of rotatable bonds is 4. The van der Waals surface area contributed by atoms with Crippen molar-refractivity contribution in [1.29, 1.82) is 0 Å². The Kier molecular flexibility index (Phi) is 3.86. The second-order valence-corrected chi connectivity index (χ2v) is 5.70. The van der Waals surface area contributed by atoms with Crippen LogP contribution in [0, 0.1) is 0 Å². The van der Waals surface area contributed by atoms with E-state index in [2.05, 4.69) is 5.32 Å². The first-order valence-corrected chi connectivity index (χ1v) is 7.72. The quantitative estimate of drug-likeness (QED) is 0.937. The Balaban J connectivity index is 1.87. The Bertz CT molecular complexity index is 654. The maximum absolute atomic E-state index is 12.4. The van der Waals surface area contributed by atoms with Crippen LogP contribution in [0.4, 0.5) is 0 Å². The summed E-state index contributed by atoms with van der Waals surface area (Å²) < 4.78 is 7.48. The normalized spacial score (nSPS) is 15.5. The van der Waals surface area contributed by atoms with E-state index in [4.69, 9.17) is 4.74 Å². The Morgan fingerprint density at radius 3 is 2.81 bits per heavy atom. The van der Waals surface area contributed by atoms with E-state index < -0.39 is 0 Å². The fourth-order valence-corrected chi connectivity index (χ4v) is 3.13. The third kappa shape index (κ3) is 2.75. The lowest BCUT2D eigenvalue weighted by atomic mass is 10.2. The SMILES string of the molecule is CCOc1ccc2c(c1)cc(C(=O)NC1CCCC1)n2C. The summed E-state index contributed by atoms with van der Waals surface area (Å²) in [7, 11) is 1.94. The van der Waals surface area contributed by atoms with Crippen LogP contribution in [0.2, 0.25) is 0 Å². The van der Waals surface area contributed by atoms with Gasteiger partial charge in [0.25, 0.3) is 5.91 Å². The highest BCUT2D eigenvalue weighted by atomic mass is 16.5. The second-order valence-electron chi connectivity index (χ2n) is 5.70. The summed E-state index contributed by atoms with van der Waals surface area (Å²) in [5, 5.41) is 4.19. The first-order valence-electron chi connectivity index (χ1n) is 7.72. The highest BCUT2D eigenvalue weighted by Crippen LogP contribution is 2.25. The average molecular weight is 286 g/mol. The smallest absolute Gasteiger partial charge is 0.268 e. The van der Waals surface area contributed by atoms with Crippen molar-refractivity contribution in [3.05, 3.63) is 30.0 Å². The summed E-state index contributed by atoms with van der Waals surface area (Å²) in [5.41, 5.74) is 1.76. The maximum Gasteiger partial charge on any atom is 0.268 e. The molecule has 1 amide bonds. The van der Waals surface area contributed by atoms with E-state index in [-0.39, 0.29) is 5.91 Å². The molecule has 1 aromatic heterocycles. The molecule has 1 aliphatic rings. The van der Waals surface area contributed by atoms with E-state index in [1.807, 2.05) is 42.8 Å². The maximum atomic E-state index is 12.4. The summed E-state index contributed by atoms with van der Waals surface area (Å²) >= 11 is 0. The molecule has 1 aliphatic carbocycles. The summed E-state index contributed by atoms with van der Waals surface area (Å²) in [6, 6.07) is 8.24. The third-order valence-corrected chi connectivity index (χ3v) is 4.25. The molecule has 3 rings (SSSR count). The van der Waals surface area contributed by atoms with Crippen molar-refractivity contribution in [2.75, 3.05) is 6.61 Å². The fraction of sp³-hybridized carbons (Fsp3) is 0.471.